The zero-order chi connectivity index (χ0) is 12.1. The van der Waals surface area contributed by atoms with Crippen LogP contribution in [0.2, 0.25) is 0 Å². The van der Waals surface area contributed by atoms with Crippen molar-refractivity contribution in [3.8, 4) is 0 Å². The molecule has 2 rings (SSSR count). The second-order valence-corrected chi connectivity index (χ2v) is 5.66. The van der Waals surface area contributed by atoms with E-state index < -0.39 is 0 Å². The lowest BCUT2D eigenvalue weighted by Crippen LogP contribution is -2.51. The van der Waals surface area contributed by atoms with E-state index >= 15 is 0 Å². The van der Waals surface area contributed by atoms with Crippen molar-refractivity contribution >= 4 is 5.91 Å². The third kappa shape index (κ3) is 3.96. The van der Waals surface area contributed by atoms with Crippen LogP contribution in [0, 0.1) is 5.92 Å². The molecule has 2 atom stereocenters. The van der Waals surface area contributed by atoms with Crippen LogP contribution < -0.4 is 10.6 Å². The van der Waals surface area contributed by atoms with Crippen molar-refractivity contribution < 1.29 is 9.53 Å². The first-order valence-electron chi connectivity index (χ1n) is 6.77. The van der Waals surface area contributed by atoms with Gasteiger partial charge >= 0.3 is 0 Å². The van der Waals surface area contributed by atoms with E-state index in [4.69, 9.17) is 4.74 Å². The normalized spacial score (nSPS) is 33.6. The van der Waals surface area contributed by atoms with E-state index in [-0.39, 0.29) is 11.4 Å². The van der Waals surface area contributed by atoms with Gasteiger partial charge in [0, 0.05) is 13.0 Å². The maximum Gasteiger partial charge on any atom is 0.220 e. The summed E-state index contributed by atoms with van der Waals surface area (Å²) in [6, 6.07) is 0. The van der Waals surface area contributed by atoms with Crippen molar-refractivity contribution in [2.24, 2.45) is 5.92 Å². The SMILES string of the molecule is CC1(NC(=O)CCC2CCNC2)CCCOC1. The molecule has 1 amide bonds. The molecule has 0 aromatic heterocycles. The quantitative estimate of drug-likeness (QED) is 0.772. The Morgan fingerprint density at radius 3 is 3.12 bits per heavy atom. The first kappa shape index (κ1) is 12.8. The van der Waals surface area contributed by atoms with Gasteiger partial charge in [0.25, 0.3) is 0 Å². The van der Waals surface area contributed by atoms with Crippen molar-refractivity contribution in [3.63, 3.8) is 0 Å². The van der Waals surface area contributed by atoms with Gasteiger partial charge in [0.05, 0.1) is 12.1 Å². The van der Waals surface area contributed by atoms with Crippen LogP contribution in [0.4, 0.5) is 0 Å². The van der Waals surface area contributed by atoms with Crippen LogP contribution in [-0.4, -0.2) is 37.7 Å². The van der Waals surface area contributed by atoms with Crippen molar-refractivity contribution in [3.05, 3.63) is 0 Å². The van der Waals surface area contributed by atoms with Gasteiger partial charge in [-0.05, 0) is 51.6 Å². The predicted octanol–water partition coefficient (Wildman–Crippen LogP) is 1.06. The molecule has 4 nitrogen and oxygen atoms in total. The summed E-state index contributed by atoms with van der Waals surface area (Å²) < 4.78 is 5.44. The lowest BCUT2D eigenvalue weighted by molar-refractivity contribution is -0.124. The van der Waals surface area contributed by atoms with Crippen LogP contribution in [0.1, 0.15) is 39.0 Å². The Hall–Kier alpha value is -0.610. The molecule has 0 spiro atoms. The highest BCUT2D eigenvalue weighted by Gasteiger charge is 2.29. The summed E-state index contributed by atoms with van der Waals surface area (Å²) in [7, 11) is 0. The van der Waals surface area contributed by atoms with E-state index in [2.05, 4.69) is 17.6 Å². The molecule has 4 heteroatoms. The van der Waals surface area contributed by atoms with E-state index in [9.17, 15) is 4.79 Å². The minimum atomic E-state index is -0.136. The van der Waals surface area contributed by atoms with Crippen molar-refractivity contribution in [2.45, 2.75) is 44.6 Å². The summed E-state index contributed by atoms with van der Waals surface area (Å²) in [5.74, 6) is 0.876. The third-order valence-electron chi connectivity index (χ3n) is 3.82. The second kappa shape index (κ2) is 5.83. The Labute approximate surface area is 103 Å². The summed E-state index contributed by atoms with van der Waals surface area (Å²) in [6.45, 7) is 5.76. The summed E-state index contributed by atoms with van der Waals surface area (Å²) in [5, 5.41) is 6.47. The van der Waals surface area contributed by atoms with Crippen LogP contribution in [0.15, 0.2) is 0 Å². The van der Waals surface area contributed by atoms with E-state index in [1.54, 1.807) is 0 Å². The summed E-state index contributed by atoms with van der Waals surface area (Å²) in [6.07, 6.45) is 4.96. The second-order valence-electron chi connectivity index (χ2n) is 5.66. The molecule has 0 aromatic rings. The Balaban J connectivity index is 1.68. The molecule has 2 N–H and O–H groups in total. The van der Waals surface area contributed by atoms with Crippen LogP contribution >= 0.6 is 0 Å². The molecule has 98 valence electrons. The predicted molar refractivity (Wildman–Crippen MR) is 66.8 cm³/mol. The van der Waals surface area contributed by atoms with E-state index in [1.165, 1.54) is 6.42 Å². The van der Waals surface area contributed by atoms with Gasteiger partial charge in [-0.1, -0.05) is 0 Å². The standard InChI is InChI=1S/C13H24N2O2/c1-13(6-2-8-17-10-13)15-12(16)4-3-11-5-7-14-9-11/h11,14H,2-10H2,1H3,(H,15,16). The zero-order valence-corrected chi connectivity index (χ0v) is 10.8. The molecule has 2 fully saturated rings. The number of ether oxygens (including phenoxy) is 1. The fourth-order valence-electron chi connectivity index (χ4n) is 2.73. The maximum atomic E-state index is 11.9. The van der Waals surface area contributed by atoms with Crippen molar-refractivity contribution in [1.82, 2.24) is 10.6 Å². The fourth-order valence-corrected chi connectivity index (χ4v) is 2.73. The highest BCUT2D eigenvalue weighted by atomic mass is 16.5. The number of amides is 1. The molecule has 2 unspecified atom stereocenters. The Kier molecular flexibility index (Phi) is 4.40. The van der Waals surface area contributed by atoms with Crippen molar-refractivity contribution in [2.75, 3.05) is 26.3 Å². The molecule has 0 aliphatic carbocycles. The average Bonchev–Trinajstić information content (AvgIpc) is 2.79. The van der Waals surface area contributed by atoms with Crippen molar-refractivity contribution in [1.29, 1.82) is 0 Å². The molecular weight excluding hydrogens is 216 g/mol. The third-order valence-corrected chi connectivity index (χ3v) is 3.82. The molecular formula is C13H24N2O2. The lowest BCUT2D eigenvalue weighted by atomic mass is 9.94. The van der Waals surface area contributed by atoms with Gasteiger partial charge in [-0.25, -0.2) is 0 Å². The van der Waals surface area contributed by atoms with Gasteiger partial charge in [-0.15, -0.1) is 0 Å². The first-order chi connectivity index (χ1) is 8.18. The topological polar surface area (TPSA) is 50.4 Å². The summed E-state index contributed by atoms with van der Waals surface area (Å²) >= 11 is 0. The number of nitrogens with one attached hydrogen (secondary N) is 2. The Morgan fingerprint density at radius 1 is 1.59 bits per heavy atom. The van der Waals surface area contributed by atoms with Gasteiger partial charge in [0.1, 0.15) is 0 Å². The summed E-state index contributed by atoms with van der Waals surface area (Å²) in [5.41, 5.74) is -0.136. The van der Waals surface area contributed by atoms with Gasteiger partial charge in [0.15, 0.2) is 0 Å². The first-order valence-corrected chi connectivity index (χ1v) is 6.77. The fraction of sp³-hybridized carbons (Fsp3) is 0.923. The molecule has 0 saturated carbocycles. The molecule has 0 radical (unpaired) electrons. The Bertz CT molecular complexity index is 256. The minimum absolute atomic E-state index is 0.136. The number of carbonyl (C=O) groups excluding carboxylic acids is 1. The number of hydrogen-bond donors (Lipinski definition) is 2. The maximum absolute atomic E-state index is 11.9. The number of hydrogen-bond acceptors (Lipinski definition) is 3. The highest BCUT2D eigenvalue weighted by molar-refractivity contribution is 5.76. The van der Waals surface area contributed by atoms with Gasteiger partial charge in [-0.3, -0.25) is 4.79 Å². The van der Waals surface area contributed by atoms with E-state index in [0.29, 0.717) is 18.9 Å². The largest absolute Gasteiger partial charge is 0.379 e. The van der Waals surface area contributed by atoms with Crippen LogP contribution in [0.25, 0.3) is 0 Å². The molecule has 0 bridgehead atoms. The zero-order valence-electron chi connectivity index (χ0n) is 10.8. The van der Waals surface area contributed by atoms with Crippen LogP contribution in [0.5, 0.6) is 0 Å². The number of carbonyl (C=O) groups is 1. The lowest BCUT2D eigenvalue weighted by Gasteiger charge is -2.34. The highest BCUT2D eigenvalue weighted by Crippen LogP contribution is 2.19. The molecule has 17 heavy (non-hydrogen) atoms. The number of rotatable bonds is 4. The van der Waals surface area contributed by atoms with E-state index in [0.717, 1.165) is 39.0 Å². The molecule has 2 aliphatic rings. The monoisotopic (exact) mass is 240 g/mol. The summed E-state index contributed by atoms with van der Waals surface area (Å²) in [4.78, 5) is 11.9. The average molecular weight is 240 g/mol. The Morgan fingerprint density at radius 2 is 2.47 bits per heavy atom. The smallest absolute Gasteiger partial charge is 0.220 e. The van der Waals surface area contributed by atoms with E-state index in [1.807, 2.05) is 0 Å². The molecule has 0 aromatic carbocycles. The van der Waals surface area contributed by atoms with Gasteiger partial charge in [0.2, 0.25) is 5.91 Å². The molecule has 2 aliphatic heterocycles. The minimum Gasteiger partial charge on any atom is -0.379 e. The van der Waals surface area contributed by atoms with Gasteiger partial charge in [-0.2, -0.15) is 0 Å². The van der Waals surface area contributed by atoms with Crippen LogP contribution in [-0.2, 0) is 9.53 Å². The van der Waals surface area contributed by atoms with Gasteiger partial charge < -0.3 is 15.4 Å². The molecule has 2 heterocycles. The van der Waals surface area contributed by atoms with Crippen LogP contribution in [0.3, 0.4) is 0 Å². The molecule has 2 saturated heterocycles.